The molecule has 234 valence electrons. The molecule has 0 amide bonds. The van der Waals surface area contributed by atoms with Crippen molar-refractivity contribution in [2.75, 3.05) is 19.8 Å². The van der Waals surface area contributed by atoms with Crippen LogP contribution in [0.2, 0.25) is 0 Å². The molecular formula is C21H37NO18. The van der Waals surface area contributed by atoms with Crippen LogP contribution in [0.5, 0.6) is 0 Å². The lowest BCUT2D eigenvalue weighted by Gasteiger charge is -2.48. The van der Waals surface area contributed by atoms with Crippen LogP contribution in [0.1, 0.15) is 6.42 Å². The molecule has 3 heterocycles. The predicted octanol–water partition coefficient (Wildman–Crippen LogP) is -8.40. The van der Waals surface area contributed by atoms with Crippen LogP contribution in [0, 0.1) is 0 Å². The summed E-state index contributed by atoms with van der Waals surface area (Å²) in [4.78, 5) is 12.3. The minimum atomic E-state index is -2.90. The van der Waals surface area contributed by atoms with Crippen LogP contribution in [0.25, 0.3) is 0 Å². The zero-order chi connectivity index (χ0) is 30.1. The fourth-order valence-electron chi connectivity index (χ4n) is 4.60. The summed E-state index contributed by atoms with van der Waals surface area (Å²) in [5.41, 5.74) is 5.79. The number of nitrogens with two attached hydrogens (primary N) is 1. The molecule has 3 fully saturated rings. The summed E-state index contributed by atoms with van der Waals surface area (Å²) in [6, 6.07) is -1.46. The normalized spacial score (nSPS) is 48.0. The Morgan fingerprint density at radius 3 is 1.98 bits per heavy atom. The summed E-state index contributed by atoms with van der Waals surface area (Å²) in [5.74, 6) is -4.80. The molecule has 16 atom stereocenters. The molecule has 0 aliphatic carbocycles. The van der Waals surface area contributed by atoms with E-state index >= 15 is 0 Å². The number of carboxylic acid groups (broad SMARTS) is 1. The summed E-state index contributed by atoms with van der Waals surface area (Å²) in [5, 5.41) is 120. The average Bonchev–Trinajstić information content (AvgIpc) is 2.93. The highest BCUT2D eigenvalue weighted by atomic mass is 16.8. The van der Waals surface area contributed by atoms with Gasteiger partial charge in [-0.3, -0.25) is 0 Å². The topological polar surface area (TPSA) is 332 Å². The highest BCUT2D eigenvalue weighted by Gasteiger charge is 2.58. The van der Waals surface area contributed by atoms with Gasteiger partial charge in [0.25, 0.3) is 5.79 Å². The van der Waals surface area contributed by atoms with Gasteiger partial charge in [0, 0.05) is 6.42 Å². The number of aliphatic hydroxyl groups excluding tert-OH is 11. The smallest absolute Gasteiger partial charge is 0.364 e. The number of hydrogen-bond acceptors (Lipinski definition) is 18. The Morgan fingerprint density at radius 2 is 1.43 bits per heavy atom. The van der Waals surface area contributed by atoms with Crippen molar-refractivity contribution in [1.29, 1.82) is 0 Å². The van der Waals surface area contributed by atoms with E-state index in [0.717, 1.165) is 0 Å². The molecule has 0 bridgehead atoms. The molecule has 0 aromatic heterocycles. The van der Waals surface area contributed by atoms with Gasteiger partial charge in [0.15, 0.2) is 12.6 Å². The van der Waals surface area contributed by atoms with Crippen molar-refractivity contribution in [3.8, 4) is 0 Å². The first kappa shape index (κ1) is 33.3. The predicted molar refractivity (Wildman–Crippen MR) is 120 cm³/mol. The number of ether oxygens (including phenoxy) is 5. The van der Waals surface area contributed by atoms with E-state index in [1.165, 1.54) is 0 Å². The maximum Gasteiger partial charge on any atom is 0.364 e. The molecule has 40 heavy (non-hydrogen) atoms. The van der Waals surface area contributed by atoms with E-state index in [4.69, 9.17) is 34.5 Å². The second kappa shape index (κ2) is 13.4. The first-order chi connectivity index (χ1) is 18.7. The maximum atomic E-state index is 12.3. The van der Waals surface area contributed by atoms with Crippen LogP contribution in [-0.2, 0) is 28.5 Å². The average molecular weight is 592 g/mol. The number of rotatable bonds is 10. The van der Waals surface area contributed by atoms with Crippen molar-refractivity contribution in [1.82, 2.24) is 0 Å². The molecule has 14 N–H and O–H groups in total. The summed E-state index contributed by atoms with van der Waals surface area (Å²) in [6.45, 7) is -2.48. The van der Waals surface area contributed by atoms with Crippen molar-refractivity contribution in [3.63, 3.8) is 0 Å². The van der Waals surface area contributed by atoms with E-state index in [-0.39, 0.29) is 0 Å². The molecular weight excluding hydrogens is 554 g/mol. The molecule has 3 aliphatic heterocycles. The van der Waals surface area contributed by atoms with Crippen LogP contribution in [0.15, 0.2) is 0 Å². The number of aliphatic hydroxyl groups is 11. The zero-order valence-corrected chi connectivity index (χ0v) is 20.9. The second-order valence-electron chi connectivity index (χ2n) is 9.89. The molecule has 19 heteroatoms. The number of aliphatic carboxylic acids is 1. The third kappa shape index (κ3) is 6.55. The Morgan fingerprint density at radius 1 is 0.875 bits per heavy atom. The number of carboxylic acids is 1. The first-order valence-electron chi connectivity index (χ1n) is 12.3. The minimum Gasteiger partial charge on any atom is -0.477 e. The highest BCUT2D eigenvalue weighted by Crippen LogP contribution is 2.36. The van der Waals surface area contributed by atoms with Crippen molar-refractivity contribution < 1.29 is 89.8 Å². The van der Waals surface area contributed by atoms with Gasteiger partial charge < -0.3 is 90.7 Å². The van der Waals surface area contributed by atoms with E-state index in [1.54, 1.807) is 0 Å². The lowest BCUT2D eigenvalue weighted by atomic mass is 9.89. The summed E-state index contributed by atoms with van der Waals surface area (Å²) in [7, 11) is 0. The van der Waals surface area contributed by atoms with E-state index < -0.39 is 130 Å². The van der Waals surface area contributed by atoms with E-state index in [9.17, 15) is 61.0 Å². The van der Waals surface area contributed by atoms with Crippen molar-refractivity contribution in [3.05, 3.63) is 0 Å². The van der Waals surface area contributed by atoms with Gasteiger partial charge in [0.05, 0.1) is 32.0 Å². The van der Waals surface area contributed by atoms with Gasteiger partial charge in [-0.15, -0.1) is 0 Å². The summed E-state index contributed by atoms with van der Waals surface area (Å²) >= 11 is 0. The standard InChI is InChI=1S/C21H37NO18/c22-9-5(25)1-21(20(34)35,39-17(9)10(27)6(26)2-23)40-19-16(33)14(31)12(29)8(38-19)4-36-18-15(32)13(30)11(28)7(3-24)37-18/h5-19,23-33H,1-4,22H2,(H,34,35)/t5-,6+,7+,8+,9+,10+,11+,12+,13-,14+,15-,16-,17+,18-,19-,21-/m0/s1. The molecule has 0 aromatic rings. The Balaban J connectivity index is 1.77. The van der Waals surface area contributed by atoms with Gasteiger partial charge in [-0.05, 0) is 0 Å². The SMILES string of the molecule is N[C@H]1[C@H]([C@H](O)[C@H](O)CO)O[C@@](O[C@@H]2O[C@H](CO[C@H]3O[C@H](CO)[C@@H](O)[C@H](O)[C@@H]3O)[C@@H](O)[C@@H](O)[C@@H]2O)(C(=O)O)C[C@@H]1O. The summed E-state index contributed by atoms with van der Waals surface area (Å²) in [6.07, 6.45) is -26.3. The van der Waals surface area contributed by atoms with Gasteiger partial charge in [0.2, 0.25) is 0 Å². The molecule has 0 aromatic carbocycles. The van der Waals surface area contributed by atoms with Gasteiger partial charge >= 0.3 is 5.97 Å². The van der Waals surface area contributed by atoms with Crippen LogP contribution in [0.3, 0.4) is 0 Å². The molecule has 19 nitrogen and oxygen atoms in total. The van der Waals surface area contributed by atoms with Crippen LogP contribution < -0.4 is 5.73 Å². The summed E-state index contributed by atoms with van der Waals surface area (Å²) < 4.78 is 26.6. The van der Waals surface area contributed by atoms with Crippen molar-refractivity contribution in [2.45, 2.75) is 104 Å². The van der Waals surface area contributed by atoms with Crippen molar-refractivity contribution in [2.24, 2.45) is 5.73 Å². The third-order valence-corrected chi connectivity index (χ3v) is 7.12. The molecule has 0 unspecified atom stereocenters. The van der Waals surface area contributed by atoms with Crippen LogP contribution in [-0.4, -0.2) is 185 Å². The molecule has 0 saturated carbocycles. The van der Waals surface area contributed by atoms with Gasteiger partial charge in [-0.2, -0.15) is 0 Å². The van der Waals surface area contributed by atoms with E-state index in [2.05, 4.69) is 0 Å². The first-order valence-corrected chi connectivity index (χ1v) is 12.3. The van der Waals surface area contributed by atoms with Gasteiger partial charge in [0.1, 0.15) is 67.1 Å². The Labute approximate surface area is 226 Å². The Bertz CT molecular complexity index is 837. The fourth-order valence-corrected chi connectivity index (χ4v) is 4.60. The molecule has 0 radical (unpaired) electrons. The van der Waals surface area contributed by atoms with E-state index in [1.807, 2.05) is 0 Å². The molecule has 0 spiro atoms. The van der Waals surface area contributed by atoms with E-state index in [0.29, 0.717) is 0 Å². The Hall–Kier alpha value is -1.21. The van der Waals surface area contributed by atoms with Gasteiger partial charge in [-0.1, -0.05) is 0 Å². The van der Waals surface area contributed by atoms with Gasteiger partial charge in [-0.25, -0.2) is 4.79 Å². The minimum absolute atomic E-state index is 0.744. The lowest BCUT2D eigenvalue weighted by molar-refractivity contribution is -0.390. The van der Waals surface area contributed by atoms with Crippen LogP contribution >= 0.6 is 0 Å². The number of hydrogen-bond donors (Lipinski definition) is 13. The fraction of sp³-hybridized carbons (Fsp3) is 0.952. The van der Waals surface area contributed by atoms with Crippen LogP contribution in [0.4, 0.5) is 0 Å². The molecule has 3 rings (SSSR count). The molecule has 3 aliphatic rings. The quantitative estimate of drug-likeness (QED) is 0.112. The highest BCUT2D eigenvalue weighted by molar-refractivity contribution is 5.76. The number of carbonyl (C=O) groups is 1. The maximum absolute atomic E-state index is 12.3. The second-order valence-corrected chi connectivity index (χ2v) is 9.89. The zero-order valence-electron chi connectivity index (χ0n) is 20.9. The largest absolute Gasteiger partial charge is 0.477 e. The third-order valence-electron chi connectivity index (χ3n) is 7.12. The molecule has 3 saturated heterocycles. The van der Waals surface area contributed by atoms with Crippen molar-refractivity contribution >= 4 is 5.97 Å². The lowest BCUT2D eigenvalue weighted by Crippen LogP contribution is -2.69. The monoisotopic (exact) mass is 591 g/mol. The Kier molecular flexibility index (Phi) is 11.2.